The number of anilines is 3. The van der Waals surface area contributed by atoms with E-state index in [1.165, 1.54) is 0 Å². The number of nitrogens with one attached hydrogen (secondary N) is 2. The second kappa shape index (κ2) is 9.50. The van der Waals surface area contributed by atoms with Gasteiger partial charge >= 0.3 is 0 Å². The van der Waals surface area contributed by atoms with Gasteiger partial charge < -0.3 is 10.6 Å². The van der Waals surface area contributed by atoms with Gasteiger partial charge in [0.15, 0.2) is 0 Å². The molecule has 34 heavy (non-hydrogen) atoms. The van der Waals surface area contributed by atoms with Gasteiger partial charge in [-0.05, 0) is 79.6 Å². The first-order valence-electron chi connectivity index (χ1n) is 10.1. The summed E-state index contributed by atoms with van der Waals surface area (Å²) in [5.41, 5.74) is 3.57. The molecule has 1 heterocycles. The van der Waals surface area contributed by atoms with Crippen LogP contribution in [0.15, 0.2) is 71.4 Å². The smallest absolute Gasteiger partial charge is 0.283 e. The lowest BCUT2D eigenvalue weighted by Crippen LogP contribution is -2.32. The number of carbonyl (C=O) groups is 3. The SMILES string of the molecule is Cc1cc(C)cc(N2C(=O)C(Cl)=C(Nc3ccc(C(=O)Nc4cc(Cl)cc(Cl)c4)cc3)C2=O)c1. The van der Waals surface area contributed by atoms with E-state index in [4.69, 9.17) is 34.8 Å². The molecule has 1 aliphatic heterocycles. The lowest BCUT2D eigenvalue weighted by atomic mass is 10.1. The van der Waals surface area contributed by atoms with Crippen molar-refractivity contribution in [3.8, 4) is 0 Å². The van der Waals surface area contributed by atoms with E-state index in [9.17, 15) is 14.4 Å². The van der Waals surface area contributed by atoms with Crippen molar-refractivity contribution in [3.05, 3.63) is 98.1 Å². The summed E-state index contributed by atoms with van der Waals surface area (Å²) in [5, 5.41) is 6.22. The Morgan fingerprint density at radius 1 is 0.765 bits per heavy atom. The average molecular weight is 515 g/mol. The zero-order valence-corrected chi connectivity index (χ0v) is 20.3. The lowest BCUT2D eigenvalue weighted by molar-refractivity contribution is -0.120. The van der Waals surface area contributed by atoms with Crippen LogP contribution in [0, 0.1) is 13.8 Å². The van der Waals surface area contributed by atoms with Crippen molar-refractivity contribution < 1.29 is 14.4 Å². The van der Waals surface area contributed by atoms with E-state index < -0.39 is 11.8 Å². The predicted octanol–water partition coefficient (Wildman–Crippen LogP) is 6.30. The minimum atomic E-state index is -0.602. The highest BCUT2D eigenvalue weighted by Gasteiger charge is 2.39. The third-order valence-corrected chi connectivity index (χ3v) is 5.82. The fraction of sp³-hybridized carbons (Fsp3) is 0.0800. The van der Waals surface area contributed by atoms with Crippen LogP contribution in [0.5, 0.6) is 0 Å². The number of rotatable bonds is 5. The van der Waals surface area contributed by atoms with Crippen molar-refractivity contribution in [2.24, 2.45) is 0 Å². The normalized spacial score (nSPS) is 13.5. The van der Waals surface area contributed by atoms with Gasteiger partial charge in [-0.1, -0.05) is 40.9 Å². The van der Waals surface area contributed by atoms with Crippen molar-refractivity contribution in [1.82, 2.24) is 0 Å². The van der Waals surface area contributed by atoms with Crippen LogP contribution in [0.3, 0.4) is 0 Å². The van der Waals surface area contributed by atoms with Crippen LogP contribution < -0.4 is 15.5 Å². The molecule has 0 spiro atoms. The number of aryl methyl sites for hydroxylation is 2. The number of imide groups is 1. The summed E-state index contributed by atoms with van der Waals surface area (Å²) in [4.78, 5) is 39.3. The van der Waals surface area contributed by atoms with Crippen LogP contribution in [-0.2, 0) is 9.59 Å². The molecular weight excluding hydrogens is 497 g/mol. The summed E-state index contributed by atoms with van der Waals surface area (Å²) >= 11 is 18.1. The second-order valence-electron chi connectivity index (χ2n) is 7.80. The maximum absolute atomic E-state index is 13.0. The Bertz CT molecular complexity index is 1330. The monoisotopic (exact) mass is 513 g/mol. The summed E-state index contributed by atoms with van der Waals surface area (Å²) in [6.45, 7) is 3.77. The molecule has 3 amide bonds. The summed E-state index contributed by atoms with van der Waals surface area (Å²) < 4.78 is 0. The van der Waals surface area contributed by atoms with Crippen molar-refractivity contribution in [1.29, 1.82) is 0 Å². The number of hydrogen-bond donors (Lipinski definition) is 2. The first-order valence-corrected chi connectivity index (χ1v) is 11.3. The molecular formula is C25H18Cl3N3O3. The molecule has 0 unspecified atom stereocenters. The number of hydrogen-bond acceptors (Lipinski definition) is 4. The van der Waals surface area contributed by atoms with Crippen molar-refractivity contribution in [2.75, 3.05) is 15.5 Å². The highest BCUT2D eigenvalue weighted by molar-refractivity contribution is 6.53. The summed E-state index contributed by atoms with van der Waals surface area (Å²) in [6, 6.07) is 16.5. The van der Waals surface area contributed by atoms with E-state index in [1.54, 1.807) is 54.6 Å². The molecule has 0 fully saturated rings. The first-order chi connectivity index (χ1) is 16.1. The van der Waals surface area contributed by atoms with Gasteiger partial charge in [-0.3, -0.25) is 14.4 Å². The zero-order chi connectivity index (χ0) is 24.6. The van der Waals surface area contributed by atoms with E-state index in [-0.39, 0.29) is 16.6 Å². The fourth-order valence-electron chi connectivity index (χ4n) is 3.60. The molecule has 172 valence electrons. The Morgan fingerprint density at radius 2 is 1.35 bits per heavy atom. The number of nitrogens with zero attached hydrogens (tertiary/aromatic N) is 1. The average Bonchev–Trinajstić information content (AvgIpc) is 2.96. The largest absolute Gasteiger partial charge is 0.350 e. The molecule has 9 heteroatoms. The van der Waals surface area contributed by atoms with Gasteiger partial charge in [0, 0.05) is 27.0 Å². The minimum absolute atomic E-state index is 0.0309. The Balaban J connectivity index is 1.50. The van der Waals surface area contributed by atoms with Crippen LogP contribution in [0.4, 0.5) is 17.1 Å². The quantitative estimate of drug-likeness (QED) is 0.392. The van der Waals surface area contributed by atoms with Gasteiger partial charge in [0.05, 0.1) is 5.69 Å². The van der Waals surface area contributed by atoms with Crippen LogP contribution in [0.25, 0.3) is 0 Å². The number of carbonyl (C=O) groups excluding carboxylic acids is 3. The highest BCUT2D eigenvalue weighted by atomic mass is 35.5. The van der Waals surface area contributed by atoms with Gasteiger partial charge in [0.25, 0.3) is 17.7 Å². The van der Waals surface area contributed by atoms with E-state index in [2.05, 4.69) is 10.6 Å². The zero-order valence-electron chi connectivity index (χ0n) is 18.1. The molecule has 6 nitrogen and oxygen atoms in total. The molecule has 0 bridgehead atoms. The standard InChI is InChI=1S/C25H18Cl3N3O3/c1-13-7-14(2)9-20(8-13)31-24(33)21(28)22(25(31)34)29-18-5-3-15(4-6-18)23(32)30-19-11-16(26)10-17(27)12-19/h3-12,29H,1-2H3,(H,30,32). The molecule has 0 atom stereocenters. The number of benzene rings is 3. The van der Waals surface area contributed by atoms with E-state index in [0.29, 0.717) is 32.7 Å². The van der Waals surface area contributed by atoms with Gasteiger partial charge in [-0.2, -0.15) is 0 Å². The van der Waals surface area contributed by atoms with Crippen LogP contribution >= 0.6 is 34.8 Å². The predicted molar refractivity (Wildman–Crippen MR) is 136 cm³/mol. The molecule has 3 aromatic rings. The van der Waals surface area contributed by atoms with Crippen molar-refractivity contribution in [2.45, 2.75) is 13.8 Å². The minimum Gasteiger partial charge on any atom is -0.350 e. The molecule has 4 rings (SSSR count). The summed E-state index contributed by atoms with van der Waals surface area (Å²) in [7, 11) is 0. The first kappa shape index (κ1) is 23.8. The maximum Gasteiger partial charge on any atom is 0.283 e. The third kappa shape index (κ3) is 4.94. The molecule has 1 aliphatic rings. The number of halogens is 3. The van der Waals surface area contributed by atoms with Gasteiger partial charge in [0.2, 0.25) is 0 Å². The summed E-state index contributed by atoms with van der Waals surface area (Å²) in [5.74, 6) is -1.52. The van der Waals surface area contributed by atoms with E-state index in [1.807, 2.05) is 19.9 Å². The van der Waals surface area contributed by atoms with Crippen molar-refractivity contribution >= 4 is 69.6 Å². The molecule has 0 saturated heterocycles. The Kier molecular flexibility index (Phi) is 6.66. The van der Waals surface area contributed by atoms with Crippen LogP contribution in [0.1, 0.15) is 21.5 Å². The molecule has 0 aromatic heterocycles. The van der Waals surface area contributed by atoms with Crippen molar-refractivity contribution in [3.63, 3.8) is 0 Å². The Morgan fingerprint density at radius 3 is 1.94 bits per heavy atom. The molecule has 3 aromatic carbocycles. The van der Waals surface area contributed by atoms with E-state index >= 15 is 0 Å². The van der Waals surface area contributed by atoms with E-state index in [0.717, 1.165) is 16.0 Å². The third-order valence-electron chi connectivity index (χ3n) is 5.03. The maximum atomic E-state index is 13.0. The highest BCUT2D eigenvalue weighted by Crippen LogP contribution is 2.31. The van der Waals surface area contributed by atoms with Gasteiger partial charge in [-0.15, -0.1) is 0 Å². The van der Waals surface area contributed by atoms with Gasteiger partial charge in [-0.25, -0.2) is 4.90 Å². The molecule has 0 radical (unpaired) electrons. The fourth-order valence-corrected chi connectivity index (χ4v) is 4.34. The molecule has 2 N–H and O–H groups in total. The lowest BCUT2D eigenvalue weighted by Gasteiger charge is -2.16. The Hall–Kier alpha value is -3.32. The molecule has 0 aliphatic carbocycles. The second-order valence-corrected chi connectivity index (χ2v) is 9.05. The molecule has 0 saturated carbocycles. The Labute approximate surface area is 211 Å². The summed E-state index contributed by atoms with van der Waals surface area (Å²) in [6.07, 6.45) is 0. The topological polar surface area (TPSA) is 78.5 Å². The van der Waals surface area contributed by atoms with Crippen LogP contribution in [-0.4, -0.2) is 17.7 Å². The number of amides is 3. The van der Waals surface area contributed by atoms with Gasteiger partial charge in [0.1, 0.15) is 10.7 Å². The van der Waals surface area contributed by atoms with Crippen LogP contribution in [0.2, 0.25) is 10.0 Å².